The lowest BCUT2D eigenvalue weighted by Crippen LogP contribution is -2.44. The standard InChI is InChI=1S/C16H30Si2/c1-7-9-14-18(5,6)16-12-10-15(11-13-16)17(3,4)8-2/h10-13H,7-9,14H2,1-6H3. The minimum Gasteiger partial charge on any atom is -0.0675 e. The third kappa shape index (κ3) is 3.82. The molecular weight excluding hydrogens is 248 g/mol. The maximum atomic E-state index is 2.51. The summed E-state index contributed by atoms with van der Waals surface area (Å²) in [5.41, 5.74) is 0. The average molecular weight is 279 g/mol. The fourth-order valence-corrected chi connectivity index (χ4v) is 6.41. The molecule has 18 heavy (non-hydrogen) atoms. The van der Waals surface area contributed by atoms with Gasteiger partial charge in [-0.15, -0.1) is 0 Å². The van der Waals surface area contributed by atoms with E-state index in [9.17, 15) is 0 Å². The Balaban J connectivity index is 2.89. The second-order valence-electron chi connectivity index (χ2n) is 6.80. The van der Waals surface area contributed by atoms with Crippen LogP contribution in [0.1, 0.15) is 26.7 Å². The number of benzene rings is 1. The van der Waals surface area contributed by atoms with Crippen LogP contribution in [0.15, 0.2) is 24.3 Å². The van der Waals surface area contributed by atoms with Crippen LogP contribution >= 0.6 is 0 Å². The first-order valence-corrected chi connectivity index (χ1v) is 13.9. The van der Waals surface area contributed by atoms with Crippen molar-refractivity contribution in [3.8, 4) is 0 Å². The molecule has 1 aromatic carbocycles. The van der Waals surface area contributed by atoms with E-state index in [1.54, 1.807) is 10.4 Å². The molecule has 102 valence electrons. The van der Waals surface area contributed by atoms with Gasteiger partial charge in [0.2, 0.25) is 0 Å². The lowest BCUT2D eigenvalue weighted by Gasteiger charge is -2.25. The molecule has 0 aliphatic heterocycles. The average Bonchev–Trinajstić information content (AvgIpc) is 2.36. The van der Waals surface area contributed by atoms with Crippen molar-refractivity contribution in [1.82, 2.24) is 0 Å². The molecule has 0 heterocycles. The van der Waals surface area contributed by atoms with Crippen molar-refractivity contribution in [3.05, 3.63) is 24.3 Å². The Morgan fingerprint density at radius 1 is 0.778 bits per heavy atom. The van der Waals surface area contributed by atoms with Gasteiger partial charge in [0.1, 0.15) is 0 Å². The van der Waals surface area contributed by atoms with Crippen LogP contribution in [0, 0.1) is 0 Å². The molecule has 0 saturated carbocycles. The zero-order valence-corrected chi connectivity index (χ0v) is 15.1. The van der Waals surface area contributed by atoms with E-state index in [1.165, 1.54) is 24.9 Å². The predicted octanol–water partition coefficient (Wildman–Crippen LogP) is 4.34. The summed E-state index contributed by atoms with van der Waals surface area (Å²) in [5, 5.41) is 3.26. The summed E-state index contributed by atoms with van der Waals surface area (Å²) in [6.45, 7) is 14.6. The number of unbranched alkanes of at least 4 members (excludes halogenated alkanes) is 1. The van der Waals surface area contributed by atoms with Crippen molar-refractivity contribution < 1.29 is 0 Å². The van der Waals surface area contributed by atoms with Crippen LogP contribution in [0.5, 0.6) is 0 Å². The molecule has 0 spiro atoms. The van der Waals surface area contributed by atoms with Gasteiger partial charge < -0.3 is 0 Å². The molecule has 0 bridgehead atoms. The molecule has 0 unspecified atom stereocenters. The van der Waals surface area contributed by atoms with Gasteiger partial charge >= 0.3 is 0 Å². The quantitative estimate of drug-likeness (QED) is 0.679. The van der Waals surface area contributed by atoms with Crippen molar-refractivity contribution in [2.45, 2.75) is 65.0 Å². The molecule has 2 heteroatoms. The molecule has 0 nitrogen and oxygen atoms in total. The first-order chi connectivity index (χ1) is 8.33. The number of hydrogen-bond acceptors (Lipinski definition) is 0. The molecule has 1 rings (SSSR count). The first kappa shape index (κ1) is 15.7. The summed E-state index contributed by atoms with van der Waals surface area (Å²) in [4.78, 5) is 0. The van der Waals surface area contributed by atoms with Crippen molar-refractivity contribution in [2.24, 2.45) is 0 Å². The predicted molar refractivity (Wildman–Crippen MR) is 90.9 cm³/mol. The second-order valence-corrected chi connectivity index (χ2v) is 16.7. The number of hydrogen-bond donors (Lipinski definition) is 0. The highest BCUT2D eigenvalue weighted by molar-refractivity contribution is 6.91. The Morgan fingerprint density at radius 2 is 1.22 bits per heavy atom. The maximum Gasteiger partial charge on any atom is 0.0806 e. The van der Waals surface area contributed by atoms with Gasteiger partial charge in [0.05, 0.1) is 16.1 Å². The van der Waals surface area contributed by atoms with Crippen LogP contribution < -0.4 is 10.4 Å². The highest BCUT2D eigenvalue weighted by Gasteiger charge is 2.24. The maximum absolute atomic E-state index is 2.51. The lowest BCUT2D eigenvalue weighted by atomic mass is 10.4. The lowest BCUT2D eigenvalue weighted by molar-refractivity contribution is 0.870. The molecular formula is C16H30Si2. The molecule has 0 amide bonds. The van der Waals surface area contributed by atoms with Crippen LogP contribution in [0.4, 0.5) is 0 Å². The molecule has 0 fully saturated rings. The minimum atomic E-state index is -1.18. The van der Waals surface area contributed by atoms with Crippen LogP contribution in [0.3, 0.4) is 0 Å². The van der Waals surface area contributed by atoms with Crippen LogP contribution in [-0.4, -0.2) is 16.1 Å². The van der Waals surface area contributed by atoms with Gasteiger partial charge in [0, 0.05) is 0 Å². The molecule has 1 aromatic rings. The van der Waals surface area contributed by atoms with E-state index >= 15 is 0 Å². The van der Waals surface area contributed by atoms with Crippen LogP contribution in [0.2, 0.25) is 38.3 Å². The molecule has 0 aromatic heterocycles. The van der Waals surface area contributed by atoms with E-state index in [-0.39, 0.29) is 0 Å². The van der Waals surface area contributed by atoms with E-state index in [4.69, 9.17) is 0 Å². The number of rotatable bonds is 6. The molecule has 0 radical (unpaired) electrons. The van der Waals surface area contributed by atoms with Crippen molar-refractivity contribution >= 4 is 26.5 Å². The third-order valence-corrected chi connectivity index (χ3v) is 11.7. The minimum absolute atomic E-state index is 1.15. The highest BCUT2D eigenvalue weighted by atomic mass is 28.3. The van der Waals surface area contributed by atoms with E-state index in [0.717, 1.165) is 0 Å². The Labute approximate surface area is 116 Å². The van der Waals surface area contributed by atoms with Crippen molar-refractivity contribution in [2.75, 3.05) is 0 Å². The second kappa shape index (κ2) is 6.20. The molecule has 0 aliphatic carbocycles. The molecule has 0 saturated heterocycles. The van der Waals surface area contributed by atoms with E-state index in [0.29, 0.717) is 0 Å². The van der Waals surface area contributed by atoms with Gasteiger partial charge in [-0.25, -0.2) is 0 Å². The van der Waals surface area contributed by atoms with Gasteiger partial charge in [-0.3, -0.25) is 0 Å². The van der Waals surface area contributed by atoms with Gasteiger partial charge in [-0.05, 0) is 0 Å². The first-order valence-electron chi connectivity index (χ1n) is 7.44. The van der Waals surface area contributed by atoms with Crippen LogP contribution in [0.25, 0.3) is 0 Å². The van der Waals surface area contributed by atoms with Crippen molar-refractivity contribution in [3.63, 3.8) is 0 Å². The van der Waals surface area contributed by atoms with E-state index in [1.807, 2.05) is 0 Å². The summed E-state index contributed by atoms with van der Waals surface area (Å²) in [6.07, 6.45) is 2.71. The van der Waals surface area contributed by atoms with Gasteiger partial charge in [-0.1, -0.05) is 99.6 Å². The monoisotopic (exact) mass is 278 g/mol. The van der Waals surface area contributed by atoms with Gasteiger partial charge in [-0.2, -0.15) is 0 Å². The molecule has 0 N–H and O–H groups in total. The fourth-order valence-electron chi connectivity index (χ4n) is 2.34. The van der Waals surface area contributed by atoms with Crippen molar-refractivity contribution in [1.29, 1.82) is 0 Å². The Morgan fingerprint density at radius 3 is 1.61 bits per heavy atom. The fraction of sp³-hybridized carbons (Fsp3) is 0.625. The molecule has 0 aliphatic rings. The largest absolute Gasteiger partial charge is 0.0806 e. The molecule has 0 atom stereocenters. The van der Waals surface area contributed by atoms with Gasteiger partial charge in [0.15, 0.2) is 0 Å². The zero-order chi connectivity index (χ0) is 13.8. The van der Waals surface area contributed by atoms with E-state index < -0.39 is 16.1 Å². The summed E-state index contributed by atoms with van der Waals surface area (Å²) < 4.78 is 0. The smallest absolute Gasteiger partial charge is 0.0675 e. The summed E-state index contributed by atoms with van der Waals surface area (Å²) in [6, 6.07) is 12.5. The Bertz CT molecular complexity index is 363. The topological polar surface area (TPSA) is 0 Å². The van der Waals surface area contributed by atoms with Gasteiger partial charge in [0.25, 0.3) is 0 Å². The third-order valence-electron chi connectivity index (χ3n) is 4.49. The van der Waals surface area contributed by atoms with E-state index in [2.05, 4.69) is 64.3 Å². The Kier molecular flexibility index (Phi) is 5.41. The summed E-state index contributed by atoms with van der Waals surface area (Å²) in [5.74, 6) is 0. The Hall–Kier alpha value is -0.346. The normalized spacial score (nSPS) is 12.8. The van der Waals surface area contributed by atoms with Crippen LogP contribution in [-0.2, 0) is 0 Å². The SMILES string of the molecule is CCCC[Si](C)(C)c1ccc([Si](C)(C)CC)cc1. The highest BCUT2D eigenvalue weighted by Crippen LogP contribution is 2.14. The summed E-state index contributed by atoms with van der Waals surface area (Å²) in [7, 11) is -2.32. The summed E-state index contributed by atoms with van der Waals surface area (Å²) >= 11 is 0. The zero-order valence-electron chi connectivity index (χ0n) is 13.1.